The van der Waals surface area contributed by atoms with Crippen LogP contribution in [0.3, 0.4) is 0 Å². The summed E-state index contributed by atoms with van der Waals surface area (Å²) in [6.07, 6.45) is 1.41. The molecule has 1 aliphatic rings. The van der Waals surface area contributed by atoms with Gasteiger partial charge in [0, 0.05) is 38.2 Å². The van der Waals surface area contributed by atoms with Gasteiger partial charge in [-0.1, -0.05) is 23.7 Å². The van der Waals surface area contributed by atoms with Gasteiger partial charge in [-0.2, -0.15) is 5.10 Å². The number of nitrogens with zero attached hydrogens (tertiary/aromatic N) is 6. The second-order valence-electron chi connectivity index (χ2n) is 8.05. The molecule has 1 aliphatic heterocycles. The zero-order valence-electron chi connectivity index (χ0n) is 18.8. The zero-order chi connectivity index (χ0) is 23.8. The number of piperazine rings is 1. The fourth-order valence-electron chi connectivity index (χ4n) is 4.19. The van der Waals surface area contributed by atoms with Crippen molar-refractivity contribution in [2.75, 3.05) is 38.2 Å². The fourth-order valence-corrected chi connectivity index (χ4v) is 4.32. The number of hydrogen-bond acceptors (Lipinski definition) is 6. The van der Waals surface area contributed by atoms with E-state index in [1.54, 1.807) is 43.3 Å². The smallest absolute Gasteiger partial charge is 0.279 e. The van der Waals surface area contributed by atoms with Gasteiger partial charge < -0.3 is 19.1 Å². The van der Waals surface area contributed by atoms with E-state index in [1.807, 2.05) is 24.3 Å². The van der Waals surface area contributed by atoms with Gasteiger partial charge in [0.05, 0.1) is 24.8 Å². The Hall–Kier alpha value is -3.85. The Bertz CT molecular complexity index is 1420. The van der Waals surface area contributed by atoms with Gasteiger partial charge in [-0.25, -0.2) is 9.67 Å². The molecule has 5 rings (SSSR count). The molecule has 0 unspecified atom stereocenters. The molecular formula is C24H23ClN6O3. The molecule has 9 nitrogen and oxygen atoms in total. The van der Waals surface area contributed by atoms with Crippen molar-refractivity contribution in [2.45, 2.75) is 0 Å². The van der Waals surface area contributed by atoms with E-state index in [4.69, 9.17) is 16.3 Å². The quantitative estimate of drug-likeness (QED) is 0.448. The molecule has 3 heterocycles. The van der Waals surface area contributed by atoms with E-state index in [2.05, 4.69) is 15.0 Å². The van der Waals surface area contributed by atoms with Crippen molar-refractivity contribution >= 4 is 34.2 Å². The Labute approximate surface area is 200 Å². The normalized spacial score (nSPS) is 14.0. The summed E-state index contributed by atoms with van der Waals surface area (Å²) in [4.78, 5) is 34.8. The third-order valence-electron chi connectivity index (χ3n) is 6.01. The molecule has 0 radical (unpaired) electrons. The molecule has 174 valence electrons. The molecule has 1 fully saturated rings. The van der Waals surface area contributed by atoms with E-state index in [9.17, 15) is 9.59 Å². The molecule has 2 aromatic heterocycles. The summed E-state index contributed by atoms with van der Waals surface area (Å²) in [5, 5.41) is 5.11. The maximum Gasteiger partial charge on any atom is 0.279 e. The van der Waals surface area contributed by atoms with E-state index < -0.39 is 0 Å². The van der Waals surface area contributed by atoms with Crippen LogP contribution in [0.1, 0.15) is 10.5 Å². The predicted molar refractivity (Wildman–Crippen MR) is 130 cm³/mol. The molecule has 0 bridgehead atoms. The number of ether oxygens (including phenoxy) is 1. The summed E-state index contributed by atoms with van der Waals surface area (Å²) in [6.45, 7) is 2.32. The fraction of sp³-hybridized carbons (Fsp3) is 0.250. The first kappa shape index (κ1) is 22.0. The largest absolute Gasteiger partial charge is 0.495 e. The van der Waals surface area contributed by atoms with Crippen LogP contribution in [0.25, 0.3) is 16.7 Å². The van der Waals surface area contributed by atoms with Crippen LogP contribution < -0.4 is 15.2 Å². The first-order valence-corrected chi connectivity index (χ1v) is 11.2. The summed E-state index contributed by atoms with van der Waals surface area (Å²) in [5.41, 5.74) is 2.04. The van der Waals surface area contributed by atoms with Gasteiger partial charge in [-0.3, -0.25) is 9.59 Å². The number of methoxy groups -OCH3 is 1. The highest BCUT2D eigenvalue weighted by Crippen LogP contribution is 2.29. The highest BCUT2D eigenvalue weighted by Gasteiger charge is 2.29. The number of fused-ring (bicyclic) bond motifs is 1. The monoisotopic (exact) mass is 478 g/mol. The maximum atomic E-state index is 13.5. The Balaban J connectivity index is 1.47. The number of aromatic nitrogens is 4. The standard InChI is InChI=1S/C24H23ClN6O3/c1-28-15-26-20-21(27-31(22(20)24(28)33)17-9-7-16(25)8-10-17)23(32)30-13-11-29(12-14-30)18-5-3-4-6-19(18)34-2/h3-10,15H,11-14H2,1-2H3. The number of amides is 1. The lowest BCUT2D eigenvalue weighted by molar-refractivity contribution is 0.0742. The first-order valence-electron chi connectivity index (χ1n) is 10.9. The molecule has 0 spiro atoms. The predicted octanol–water partition coefficient (Wildman–Crippen LogP) is 2.74. The number of rotatable bonds is 4. The average Bonchev–Trinajstić information content (AvgIpc) is 3.26. The van der Waals surface area contributed by atoms with Crippen molar-refractivity contribution < 1.29 is 9.53 Å². The summed E-state index contributed by atoms with van der Waals surface area (Å²) in [7, 11) is 3.27. The number of hydrogen-bond donors (Lipinski definition) is 0. The number of para-hydroxylation sites is 2. The van der Waals surface area contributed by atoms with Gasteiger partial charge in [-0.15, -0.1) is 0 Å². The van der Waals surface area contributed by atoms with E-state index >= 15 is 0 Å². The summed E-state index contributed by atoms with van der Waals surface area (Å²) >= 11 is 6.03. The van der Waals surface area contributed by atoms with Crippen molar-refractivity contribution in [1.82, 2.24) is 24.2 Å². The number of benzene rings is 2. The maximum absolute atomic E-state index is 13.5. The van der Waals surface area contributed by atoms with Gasteiger partial charge in [0.15, 0.2) is 11.2 Å². The minimum atomic E-state index is -0.285. The lowest BCUT2D eigenvalue weighted by atomic mass is 10.2. The number of anilines is 1. The van der Waals surface area contributed by atoms with Crippen LogP contribution in [0.4, 0.5) is 5.69 Å². The van der Waals surface area contributed by atoms with Gasteiger partial charge in [0.25, 0.3) is 11.5 Å². The van der Waals surface area contributed by atoms with Crippen molar-refractivity contribution in [2.24, 2.45) is 7.05 Å². The number of halogens is 1. The minimum Gasteiger partial charge on any atom is -0.495 e. The molecule has 0 N–H and O–H groups in total. The van der Waals surface area contributed by atoms with Gasteiger partial charge >= 0.3 is 0 Å². The van der Waals surface area contributed by atoms with Crippen LogP contribution in [0.15, 0.2) is 59.7 Å². The molecule has 0 saturated carbocycles. The van der Waals surface area contributed by atoms with Crippen LogP contribution in [0.2, 0.25) is 5.02 Å². The number of carbonyl (C=O) groups excluding carboxylic acids is 1. The van der Waals surface area contributed by atoms with Crippen LogP contribution in [0, 0.1) is 0 Å². The van der Waals surface area contributed by atoms with E-state index in [0.29, 0.717) is 36.9 Å². The number of carbonyl (C=O) groups is 1. The molecule has 0 aliphatic carbocycles. The van der Waals surface area contributed by atoms with E-state index in [1.165, 1.54) is 15.6 Å². The lowest BCUT2D eigenvalue weighted by Crippen LogP contribution is -2.49. The van der Waals surface area contributed by atoms with Crippen LogP contribution >= 0.6 is 11.6 Å². The minimum absolute atomic E-state index is 0.161. The van der Waals surface area contributed by atoms with Crippen molar-refractivity contribution in [3.63, 3.8) is 0 Å². The first-order chi connectivity index (χ1) is 16.5. The molecular weight excluding hydrogens is 456 g/mol. The van der Waals surface area contributed by atoms with Crippen molar-refractivity contribution in [1.29, 1.82) is 0 Å². The van der Waals surface area contributed by atoms with Gasteiger partial charge in [0.1, 0.15) is 11.3 Å². The molecule has 1 saturated heterocycles. The average molecular weight is 479 g/mol. The highest BCUT2D eigenvalue weighted by atomic mass is 35.5. The second kappa shape index (κ2) is 8.83. The lowest BCUT2D eigenvalue weighted by Gasteiger charge is -2.36. The van der Waals surface area contributed by atoms with Crippen LogP contribution in [-0.2, 0) is 7.05 Å². The third kappa shape index (κ3) is 3.77. The topological polar surface area (TPSA) is 85.5 Å². The van der Waals surface area contributed by atoms with E-state index in [0.717, 1.165) is 11.4 Å². The Morgan fingerprint density at radius 2 is 1.74 bits per heavy atom. The molecule has 0 atom stereocenters. The highest BCUT2D eigenvalue weighted by molar-refractivity contribution is 6.30. The molecule has 34 heavy (non-hydrogen) atoms. The van der Waals surface area contributed by atoms with E-state index in [-0.39, 0.29) is 28.2 Å². The van der Waals surface area contributed by atoms with Gasteiger partial charge in [-0.05, 0) is 36.4 Å². The zero-order valence-corrected chi connectivity index (χ0v) is 19.6. The number of aryl methyl sites for hydroxylation is 1. The summed E-state index contributed by atoms with van der Waals surface area (Å²) in [6, 6.07) is 14.8. The molecule has 10 heteroatoms. The SMILES string of the molecule is COc1ccccc1N1CCN(C(=O)c2nn(-c3ccc(Cl)cc3)c3c(=O)n(C)cnc23)CC1. The molecule has 2 aromatic carbocycles. The Morgan fingerprint density at radius 3 is 2.44 bits per heavy atom. The van der Waals surface area contributed by atoms with Crippen molar-refractivity contribution in [3.8, 4) is 11.4 Å². The van der Waals surface area contributed by atoms with Crippen LogP contribution in [0.5, 0.6) is 5.75 Å². The third-order valence-corrected chi connectivity index (χ3v) is 6.26. The van der Waals surface area contributed by atoms with Gasteiger partial charge in [0.2, 0.25) is 0 Å². The Kier molecular flexibility index (Phi) is 5.70. The van der Waals surface area contributed by atoms with Crippen molar-refractivity contribution in [3.05, 3.63) is 75.9 Å². The second-order valence-corrected chi connectivity index (χ2v) is 8.48. The molecule has 4 aromatic rings. The summed E-state index contributed by atoms with van der Waals surface area (Å²) in [5.74, 6) is 0.549. The summed E-state index contributed by atoms with van der Waals surface area (Å²) < 4.78 is 8.32. The molecule has 1 amide bonds. The Morgan fingerprint density at radius 1 is 1.03 bits per heavy atom. The van der Waals surface area contributed by atoms with Crippen LogP contribution in [-0.4, -0.2) is 63.4 Å².